The van der Waals surface area contributed by atoms with Crippen LogP contribution in [0.5, 0.6) is 0 Å². The summed E-state index contributed by atoms with van der Waals surface area (Å²) in [5.74, 6) is 1.12. The summed E-state index contributed by atoms with van der Waals surface area (Å²) in [6.07, 6.45) is 6.72. The molecule has 5 rings (SSSR count). The Morgan fingerprint density at radius 1 is 1.22 bits per heavy atom. The SMILES string of the molecule is Cc1ccc2c(c1-c1c3sccc3nc[n+]1C)Cc1nccn1-2. The maximum Gasteiger partial charge on any atom is 0.287 e. The van der Waals surface area contributed by atoms with Crippen LogP contribution in [0.2, 0.25) is 0 Å². The number of nitrogens with zero attached hydrogens (tertiary/aromatic N) is 4. The number of hydrogen-bond acceptors (Lipinski definition) is 3. The lowest BCUT2D eigenvalue weighted by atomic mass is 9.96. The molecular weight excluding hydrogens is 304 g/mol. The zero-order chi connectivity index (χ0) is 15.6. The second-order valence-electron chi connectivity index (χ2n) is 5.98. The molecule has 0 saturated carbocycles. The summed E-state index contributed by atoms with van der Waals surface area (Å²) in [5, 5.41) is 2.12. The Balaban J connectivity index is 1.89. The summed E-state index contributed by atoms with van der Waals surface area (Å²) in [6.45, 7) is 2.19. The summed E-state index contributed by atoms with van der Waals surface area (Å²) >= 11 is 1.76. The first-order chi connectivity index (χ1) is 11.2. The molecule has 5 heteroatoms. The van der Waals surface area contributed by atoms with Gasteiger partial charge in [-0.25, -0.2) is 9.55 Å². The molecule has 0 bridgehead atoms. The van der Waals surface area contributed by atoms with E-state index in [1.807, 2.05) is 18.7 Å². The maximum atomic E-state index is 4.54. The second-order valence-corrected chi connectivity index (χ2v) is 6.90. The van der Waals surface area contributed by atoms with Crippen LogP contribution in [-0.4, -0.2) is 14.5 Å². The van der Waals surface area contributed by atoms with E-state index in [2.05, 4.69) is 56.7 Å². The van der Waals surface area contributed by atoms with Gasteiger partial charge in [0.15, 0.2) is 11.2 Å². The molecule has 1 aliphatic rings. The van der Waals surface area contributed by atoms with Crippen molar-refractivity contribution in [2.24, 2.45) is 7.05 Å². The minimum atomic E-state index is 0.883. The van der Waals surface area contributed by atoms with Crippen LogP contribution in [-0.2, 0) is 13.5 Å². The number of aryl methyl sites for hydroxylation is 2. The Morgan fingerprint density at radius 2 is 2.13 bits per heavy atom. The highest BCUT2D eigenvalue weighted by Gasteiger charge is 2.27. The van der Waals surface area contributed by atoms with Gasteiger partial charge in [-0.1, -0.05) is 6.07 Å². The molecule has 0 saturated heterocycles. The number of fused-ring (bicyclic) bond motifs is 4. The third kappa shape index (κ3) is 1.68. The van der Waals surface area contributed by atoms with Crippen molar-refractivity contribution in [1.29, 1.82) is 0 Å². The highest BCUT2D eigenvalue weighted by molar-refractivity contribution is 7.17. The molecule has 1 aromatic carbocycles. The fourth-order valence-corrected chi connectivity index (χ4v) is 4.50. The Hall–Kier alpha value is -2.53. The standard InChI is InChI=1S/C18H15N4S/c1-11-3-4-14-12(9-15-19-6-7-22(14)15)16(11)17-18-13(5-8-23-18)20-10-21(17)2/h3-8,10H,9H2,1-2H3/q+1. The lowest BCUT2D eigenvalue weighted by Gasteiger charge is -2.12. The quantitative estimate of drug-likeness (QED) is 0.445. The first-order valence-electron chi connectivity index (χ1n) is 7.61. The van der Waals surface area contributed by atoms with Gasteiger partial charge in [-0.2, -0.15) is 0 Å². The van der Waals surface area contributed by atoms with E-state index in [0.29, 0.717) is 0 Å². The van der Waals surface area contributed by atoms with Gasteiger partial charge in [0.05, 0.1) is 12.7 Å². The minimum Gasteiger partial charge on any atom is -0.303 e. The highest BCUT2D eigenvalue weighted by Crippen LogP contribution is 2.39. The van der Waals surface area contributed by atoms with Crippen molar-refractivity contribution in [2.75, 3.05) is 0 Å². The van der Waals surface area contributed by atoms with Crippen LogP contribution < -0.4 is 4.57 Å². The molecule has 0 fully saturated rings. The Labute approximate surface area is 137 Å². The fraction of sp³-hybridized carbons (Fsp3) is 0.167. The number of rotatable bonds is 1. The van der Waals surface area contributed by atoms with E-state index in [1.54, 1.807) is 11.3 Å². The van der Waals surface area contributed by atoms with Crippen molar-refractivity contribution in [3.05, 3.63) is 59.3 Å². The number of benzene rings is 1. The van der Waals surface area contributed by atoms with Gasteiger partial charge in [-0.05, 0) is 34.5 Å². The van der Waals surface area contributed by atoms with Gasteiger partial charge in [0, 0.05) is 30.4 Å². The predicted octanol–water partition coefficient (Wildman–Crippen LogP) is 3.19. The van der Waals surface area contributed by atoms with Gasteiger partial charge in [0.25, 0.3) is 6.33 Å². The van der Waals surface area contributed by atoms with Gasteiger partial charge in [-0.15, -0.1) is 11.3 Å². The van der Waals surface area contributed by atoms with Crippen LogP contribution in [0.15, 0.2) is 42.3 Å². The molecule has 3 aromatic heterocycles. The van der Waals surface area contributed by atoms with Gasteiger partial charge in [0.2, 0.25) is 0 Å². The van der Waals surface area contributed by atoms with Crippen molar-refractivity contribution < 1.29 is 4.57 Å². The van der Waals surface area contributed by atoms with Gasteiger partial charge in [-0.3, -0.25) is 0 Å². The molecule has 112 valence electrons. The third-order valence-corrected chi connectivity index (χ3v) is 5.54. The molecule has 4 nitrogen and oxygen atoms in total. The minimum absolute atomic E-state index is 0.883. The molecular formula is C18H15N4S+. The topological polar surface area (TPSA) is 34.6 Å². The average molecular weight is 319 g/mol. The van der Waals surface area contributed by atoms with Crippen molar-refractivity contribution in [3.8, 4) is 16.9 Å². The van der Waals surface area contributed by atoms with Crippen molar-refractivity contribution in [3.63, 3.8) is 0 Å². The van der Waals surface area contributed by atoms with Gasteiger partial charge in [0.1, 0.15) is 10.5 Å². The molecule has 0 aliphatic carbocycles. The van der Waals surface area contributed by atoms with Crippen LogP contribution >= 0.6 is 11.3 Å². The lowest BCUT2D eigenvalue weighted by Crippen LogP contribution is -2.31. The smallest absolute Gasteiger partial charge is 0.287 e. The predicted molar refractivity (Wildman–Crippen MR) is 90.9 cm³/mol. The molecule has 0 unspecified atom stereocenters. The van der Waals surface area contributed by atoms with E-state index in [9.17, 15) is 0 Å². The first kappa shape index (κ1) is 13.0. The molecule has 4 aromatic rings. The normalized spacial score (nSPS) is 12.6. The Bertz CT molecular complexity index is 1070. The molecule has 0 atom stereocenters. The molecule has 4 heterocycles. The first-order valence-corrected chi connectivity index (χ1v) is 8.49. The fourth-order valence-electron chi connectivity index (χ4n) is 3.57. The number of thiophene rings is 1. The Morgan fingerprint density at radius 3 is 3.04 bits per heavy atom. The maximum absolute atomic E-state index is 4.54. The molecule has 0 amide bonds. The molecule has 0 spiro atoms. The summed E-state index contributed by atoms with van der Waals surface area (Å²) in [4.78, 5) is 9.03. The summed E-state index contributed by atoms with van der Waals surface area (Å²) in [6, 6.07) is 6.51. The van der Waals surface area contributed by atoms with E-state index in [-0.39, 0.29) is 0 Å². The zero-order valence-corrected chi connectivity index (χ0v) is 13.8. The van der Waals surface area contributed by atoms with Crippen LogP contribution in [0, 0.1) is 6.92 Å². The molecule has 0 N–H and O–H groups in total. The van der Waals surface area contributed by atoms with E-state index >= 15 is 0 Å². The summed E-state index contributed by atoms with van der Waals surface area (Å²) in [5.41, 5.74) is 7.56. The van der Waals surface area contributed by atoms with Gasteiger partial charge < -0.3 is 4.57 Å². The monoisotopic (exact) mass is 319 g/mol. The molecule has 23 heavy (non-hydrogen) atoms. The average Bonchev–Trinajstić information content (AvgIpc) is 3.22. The molecule has 1 aliphatic heterocycles. The van der Waals surface area contributed by atoms with E-state index in [1.165, 1.54) is 32.8 Å². The van der Waals surface area contributed by atoms with E-state index in [4.69, 9.17) is 0 Å². The Kier molecular flexibility index (Phi) is 2.53. The summed E-state index contributed by atoms with van der Waals surface area (Å²) in [7, 11) is 2.08. The highest BCUT2D eigenvalue weighted by atomic mass is 32.1. The van der Waals surface area contributed by atoms with Crippen molar-refractivity contribution in [2.45, 2.75) is 13.3 Å². The molecule has 0 radical (unpaired) electrons. The number of hydrogen-bond donors (Lipinski definition) is 0. The number of aromatic nitrogens is 4. The largest absolute Gasteiger partial charge is 0.303 e. The van der Waals surface area contributed by atoms with E-state index < -0.39 is 0 Å². The van der Waals surface area contributed by atoms with Crippen LogP contribution in [0.25, 0.3) is 27.2 Å². The zero-order valence-electron chi connectivity index (χ0n) is 12.9. The lowest BCUT2D eigenvalue weighted by molar-refractivity contribution is -0.662. The van der Waals surface area contributed by atoms with E-state index in [0.717, 1.165) is 17.8 Å². The third-order valence-electron chi connectivity index (χ3n) is 4.63. The number of imidazole rings is 1. The second kappa shape index (κ2) is 4.49. The van der Waals surface area contributed by atoms with Gasteiger partial charge >= 0.3 is 0 Å². The van der Waals surface area contributed by atoms with Crippen LogP contribution in [0.4, 0.5) is 0 Å². The van der Waals surface area contributed by atoms with Crippen molar-refractivity contribution in [1.82, 2.24) is 14.5 Å². The van der Waals surface area contributed by atoms with Crippen molar-refractivity contribution >= 4 is 21.6 Å². The van der Waals surface area contributed by atoms with Crippen LogP contribution in [0.3, 0.4) is 0 Å². The summed E-state index contributed by atoms with van der Waals surface area (Å²) < 4.78 is 5.59. The van der Waals surface area contributed by atoms with Crippen LogP contribution in [0.1, 0.15) is 17.0 Å².